The standard InChI is InChI=1S/C85H138O17P2/c1-5-9-13-17-21-25-29-32-35-37-39-41-44-47-51-54-58-62-66-70-83(88)96-76-81(102-85(90)72-68-64-60-56-52-48-45-42-40-38-36-33-30-26-22-18-14-10-6-2)78-100-104(93,94)98-74-79(86)73-97-103(91,92)99-77-80(101-84(89)71-67-63-59-55-49-28-24-20-16-12-8-4)75-95-82(87)69-65-61-57-53-50-46-43-34-31-27-23-19-15-11-7-3/h9-11,13-15,20-27,32-36,39-43,47,51,58,62,79-81,86H,5-8,12,16-19,28-31,37-38,44-46,48-50,52-57,59-61,63-78H2,1-4H3,(H,91,92)(H,93,94)/b13-9-,14-10-,15-11-,24-20-,25-21-,26-22-,27-23-,35-32-,36-33-,41-39-,42-40-,43-34-,51-47-,62-58-. The monoisotopic (exact) mass is 1490 g/mol. The lowest BCUT2D eigenvalue weighted by atomic mass is 10.1. The smallest absolute Gasteiger partial charge is 0.462 e. The maximum absolute atomic E-state index is 13.1. The summed E-state index contributed by atoms with van der Waals surface area (Å²) in [6.45, 7) is 4.35. The Hall–Kier alpha value is -5.58. The second kappa shape index (κ2) is 75.6. The molecule has 0 amide bonds. The molecule has 0 aliphatic rings. The highest BCUT2D eigenvalue weighted by molar-refractivity contribution is 7.47. The molecular formula is C85H138O17P2. The Balaban J connectivity index is 5.45. The van der Waals surface area contributed by atoms with Gasteiger partial charge in [0.2, 0.25) is 0 Å². The van der Waals surface area contributed by atoms with Gasteiger partial charge in [-0.05, 0) is 154 Å². The summed E-state index contributed by atoms with van der Waals surface area (Å²) in [5.41, 5.74) is 0. The number of carbonyl (C=O) groups is 4. The Bertz CT molecular complexity index is 2640. The van der Waals surface area contributed by atoms with Gasteiger partial charge >= 0.3 is 39.5 Å². The molecular weight excluding hydrogens is 1350 g/mol. The highest BCUT2D eigenvalue weighted by Gasteiger charge is 2.30. The molecule has 0 aliphatic heterocycles. The fourth-order valence-corrected chi connectivity index (χ4v) is 11.3. The van der Waals surface area contributed by atoms with Crippen LogP contribution in [-0.2, 0) is 65.4 Å². The summed E-state index contributed by atoms with van der Waals surface area (Å²) >= 11 is 0. The van der Waals surface area contributed by atoms with Crippen molar-refractivity contribution in [1.82, 2.24) is 0 Å². The van der Waals surface area contributed by atoms with E-state index in [1.165, 1.54) is 12.8 Å². The number of unbranched alkanes of at least 4 members (excludes halogenated alkanes) is 18. The van der Waals surface area contributed by atoms with Gasteiger partial charge in [-0.1, -0.05) is 275 Å². The van der Waals surface area contributed by atoms with E-state index in [1.54, 1.807) is 0 Å². The molecule has 5 unspecified atom stereocenters. The minimum absolute atomic E-state index is 0.0265. The second-order valence-electron chi connectivity index (χ2n) is 25.5. The van der Waals surface area contributed by atoms with E-state index in [-0.39, 0.29) is 25.7 Å². The van der Waals surface area contributed by atoms with Crippen LogP contribution < -0.4 is 0 Å². The predicted molar refractivity (Wildman–Crippen MR) is 426 cm³/mol. The minimum atomic E-state index is -5.01. The first-order valence-electron chi connectivity index (χ1n) is 39.4. The molecule has 0 aromatic carbocycles. The summed E-state index contributed by atoms with van der Waals surface area (Å²) < 4.78 is 68.4. The predicted octanol–water partition coefficient (Wildman–Crippen LogP) is 23.0. The number of rotatable bonds is 72. The number of esters is 4. The van der Waals surface area contributed by atoms with E-state index in [0.29, 0.717) is 32.1 Å². The van der Waals surface area contributed by atoms with Crippen molar-refractivity contribution in [2.45, 2.75) is 303 Å². The molecule has 17 nitrogen and oxygen atoms in total. The third-order valence-electron chi connectivity index (χ3n) is 15.7. The molecule has 0 aliphatic carbocycles. The van der Waals surface area contributed by atoms with Gasteiger partial charge in [-0.3, -0.25) is 37.3 Å². The van der Waals surface area contributed by atoms with Crippen LogP contribution in [0.3, 0.4) is 0 Å². The first-order valence-corrected chi connectivity index (χ1v) is 42.4. The van der Waals surface area contributed by atoms with Crippen molar-refractivity contribution >= 4 is 39.5 Å². The molecule has 104 heavy (non-hydrogen) atoms. The first kappa shape index (κ1) is 98.4. The summed E-state index contributed by atoms with van der Waals surface area (Å²) in [6.07, 6.45) is 89.3. The molecule has 0 heterocycles. The molecule has 0 aromatic heterocycles. The third-order valence-corrected chi connectivity index (χ3v) is 17.6. The van der Waals surface area contributed by atoms with Gasteiger partial charge < -0.3 is 33.8 Å². The summed E-state index contributed by atoms with van der Waals surface area (Å²) in [5, 5.41) is 10.6. The number of carbonyl (C=O) groups excluding carboxylic acids is 4. The van der Waals surface area contributed by atoms with Gasteiger partial charge in [0, 0.05) is 25.7 Å². The number of hydrogen-bond acceptors (Lipinski definition) is 15. The lowest BCUT2D eigenvalue weighted by molar-refractivity contribution is -0.161. The summed E-state index contributed by atoms with van der Waals surface area (Å²) in [4.78, 5) is 72.9. The van der Waals surface area contributed by atoms with Crippen molar-refractivity contribution in [2.24, 2.45) is 0 Å². The van der Waals surface area contributed by atoms with E-state index >= 15 is 0 Å². The molecule has 0 fully saturated rings. The second-order valence-corrected chi connectivity index (χ2v) is 28.4. The fraction of sp³-hybridized carbons (Fsp3) is 0.624. The molecule has 0 rings (SSSR count). The number of aliphatic hydroxyl groups is 1. The van der Waals surface area contributed by atoms with Crippen LogP contribution in [0.1, 0.15) is 285 Å². The van der Waals surface area contributed by atoms with Gasteiger partial charge in [0.15, 0.2) is 12.2 Å². The van der Waals surface area contributed by atoms with Crippen molar-refractivity contribution in [3.05, 3.63) is 170 Å². The maximum Gasteiger partial charge on any atom is 0.472 e. The molecule has 0 saturated heterocycles. The highest BCUT2D eigenvalue weighted by Crippen LogP contribution is 2.45. The zero-order valence-corrected chi connectivity index (χ0v) is 66.2. The largest absolute Gasteiger partial charge is 0.472 e. The molecule has 19 heteroatoms. The topological polar surface area (TPSA) is 237 Å². The number of phosphoric acid groups is 2. The number of allylic oxidation sites excluding steroid dienone is 28. The zero-order chi connectivity index (χ0) is 76.0. The zero-order valence-electron chi connectivity index (χ0n) is 64.4. The molecule has 3 N–H and O–H groups in total. The SMILES string of the molecule is CC/C=C\C/C=C\C/C=C\C/C=C\C/C=C\C/C=C\CCC(=O)OCC(COP(=O)(O)OCC(O)COP(=O)(O)OCC(COC(=O)CCCCCCC/C=C\C/C=C\C/C=C\CC)OC(=O)CCCCCCC/C=C\CCCC)OC(=O)CCCCCCCC/C=C\C/C=C\C/C=C\C/C=C\CC. The molecule has 0 saturated carbocycles. The molecule has 590 valence electrons. The van der Waals surface area contributed by atoms with Crippen LogP contribution in [0.15, 0.2) is 170 Å². The minimum Gasteiger partial charge on any atom is -0.462 e. The van der Waals surface area contributed by atoms with Crippen LogP contribution in [0, 0.1) is 0 Å². The Morgan fingerprint density at radius 1 is 0.279 bits per heavy atom. The normalized spacial score (nSPS) is 14.8. The Kier molecular flexibility index (Phi) is 71.6. The van der Waals surface area contributed by atoms with Crippen molar-refractivity contribution in [3.8, 4) is 0 Å². The molecule has 5 atom stereocenters. The van der Waals surface area contributed by atoms with E-state index in [1.807, 2.05) is 18.2 Å². The van der Waals surface area contributed by atoms with Gasteiger partial charge in [0.1, 0.15) is 19.3 Å². The lowest BCUT2D eigenvalue weighted by Gasteiger charge is -2.21. The van der Waals surface area contributed by atoms with E-state index in [9.17, 15) is 43.2 Å². The van der Waals surface area contributed by atoms with E-state index < -0.39 is 97.5 Å². The summed E-state index contributed by atoms with van der Waals surface area (Å²) in [5.74, 6) is -2.33. The van der Waals surface area contributed by atoms with E-state index in [0.717, 1.165) is 186 Å². The molecule has 0 radical (unpaired) electrons. The van der Waals surface area contributed by atoms with Crippen molar-refractivity contribution in [1.29, 1.82) is 0 Å². The van der Waals surface area contributed by atoms with Gasteiger partial charge in [-0.25, -0.2) is 9.13 Å². The van der Waals surface area contributed by atoms with Crippen LogP contribution in [0.4, 0.5) is 0 Å². The molecule has 0 aromatic rings. The molecule has 0 bridgehead atoms. The first-order chi connectivity index (χ1) is 50.7. The number of phosphoric ester groups is 2. The number of ether oxygens (including phenoxy) is 4. The summed E-state index contributed by atoms with van der Waals surface area (Å²) in [6, 6.07) is 0. The van der Waals surface area contributed by atoms with Gasteiger partial charge in [0.05, 0.1) is 26.4 Å². The van der Waals surface area contributed by atoms with Gasteiger partial charge in [0.25, 0.3) is 0 Å². The van der Waals surface area contributed by atoms with Crippen LogP contribution in [-0.4, -0.2) is 96.7 Å². The number of hydrogen-bond donors (Lipinski definition) is 3. The quantitative estimate of drug-likeness (QED) is 0.0169. The van der Waals surface area contributed by atoms with E-state index in [4.69, 9.17) is 37.0 Å². The van der Waals surface area contributed by atoms with Crippen LogP contribution in [0.25, 0.3) is 0 Å². The van der Waals surface area contributed by atoms with Crippen molar-refractivity contribution < 1.29 is 80.2 Å². The van der Waals surface area contributed by atoms with Gasteiger partial charge in [-0.2, -0.15) is 0 Å². The van der Waals surface area contributed by atoms with E-state index in [2.05, 4.69) is 180 Å². The van der Waals surface area contributed by atoms with Crippen LogP contribution in [0.5, 0.6) is 0 Å². The maximum atomic E-state index is 13.1. The Labute approximate surface area is 629 Å². The van der Waals surface area contributed by atoms with Gasteiger partial charge in [-0.15, -0.1) is 0 Å². The Morgan fingerprint density at radius 2 is 0.519 bits per heavy atom. The number of aliphatic hydroxyl groups excluding tert-OH is 1. The van der Waals surface area contributed by atoms with Crippen molar-refractivity contribution in [2.75, 3.05) is 39.6 Å². The Morgan fingerprint density at radius 3 is 0.837 bits per heavy atom. The average molecular weight is 1490 g/mol. The average Bonchev–Trinajstić information content (AvgIpc) is 0.928. The molecule has 0 spiro atoms. The lowest BCUT2D eigenvalue weighted by Crippen LogP contribution is -2.30. The highest BCUT2D eigenvalue weighted by atomic mass is 31.2. The van der Waals surface area contributed by atoms with Crippen molar-refractivity contribution in [3.63, 3.8) is 0 Å². The fourth-order valence-electron chi connectivity index (χ4n) is 9.76. The van der Waals surface area contributed by atoms with Crippen LogP contribution >= 0.6 is 15.6 Å². The van der Waals surface area contributed by atoms with Crippen LogP contribution in [0.2, 0.25) is 0 Å². The summed E-state index contributed by atoms with van der Waals surface area (Å²) in [7, 11) is -10.00. The third kappa shape index (κ3) is 74.7.